The molecule has 0 saturated carbocycles. The summed E-state index contributed by atoms with van der Waals surface area (Å²) >= 11 is 0. The molecule has 0 aliphatic carbocycles. The minimum Gasteiger partial charge on any atom is -0.487 e. The van der Waals surface area contributed by atoms with E-state index in [1.807, 2.05) is 30.3 Å². The predicted molar refractivity (Wildman–Crippen MR) is 119 cm³/mol. The fourth-order valence-electron chi connectivity index (χ4n) is 4.05. The van der Waals surface area contributed by atoms with E-state index < -0.39 is 0 Å². The average Bonchev–Trinajstić information content (AvgIpc) is 3.05. The molecule has 0 fully saturated rings. The molecule has 30 heavy (non-hydrogen) atoms. The van der Waals surface area contributed by atoms with Crippen molar-refractivity contribution >= 4 is 10.9 Å². The van der Waals surface area contributed by atoms with Crippen molar-refractivity contribution in [2.45, 2.75) is 27.0 Å². The van der Waals surface area contributed by atoms with Crippen molar-refractivity contribution in [1.82, 2.24) is 19.4 Å². The lowest BCUT2D eigenvalue weighted by molar-refractivity contribution is 0.300. The molecule has 4 aromatic rings. The quantitative estimate of drug-likeness (QED) is 0.567. The second-order valence-corrected chi connectivity index (χ2v) is 7.29. The number of hydrogen-bond acceptors (Lipinski definition) is 4. The van der Waals surface area contributed by atoms with Crippen LogP contribution >= 0.6 is 0 Å². The van der Waals surface area contributed by atoms with Gasteiger partial charge in [0, 0.05) is 56.1 Å². The molecule has 0 atom stereocenters. The lowest BCUT2D eigenvalue weighted by atomic mass is 10.1. The molecule has 3 aromatic heterocycles. The summed E-state index contributed by atoms with van der Waals surface area (Å²) in [5, 5.41) is 4.70. The van der Waals surface area contributed by atoms with E-state index in [0.717, 1.165) is 36.4 Å². The number of aromatic nitrogens is 3. The number of pyridine rings is 2. The molecular weight excluding hydrogens is 376 g/mol. The maximum Gasteiger partial charge on any atom is 0.258 e. The Bertz CT molecular complexity index is 1240. The van der Waals surface area contributed by atoms with Crippen LogP contribution in [0, 0.1) is 0 Å². The Kier molecular flexibility index (Phi) is 5.42. The van der Waals surface area contributed by atoms with Gasteiger partial charge in [0.15, 0.2) is 0 Å². The van der Waals surface area contributed by atoms with Gasteiger partial charge in [0.1, 0.15) is 12.4 Å². The summed E-state index contributed by atoms with van der Waals surface area (Å²) in [7, 11) is 2.10. The van der Waals surface area contributed by atoms with Gasteiger partial charge in [0.25, 0.3) is 5.56 Å². The van der Waals surface area contributed by atoms with Crippen molar-refractivity contribution in [2.24, 2.45) is 7.05 Å². The molecule has 0 amide bonds. The third-order valence-corrected chi connectivity index (χ3v) is 5.54. The number of benzene rings is 1. The van der Waals surface area contributed by atoms with Gasteiger partial charge in [-0.15, -0.1) is 0 Å². The number of hydrogen-bond donors (Lipinski definition) is 1. The molecule has 0 bridgehead atoms. The third kappa shape index (κ3) is 3.50. The molecule has 1 aliphatic heterocycles. The molecule has 0 unspecified atom stereocenters. The van der Waals surface area contributed by atoms with Crippen LogP contribution in [0.2, 0.25) is 0 Å². The van der Waals surface area contributed by atoms with Crippen molar-refractivity contribution in [2.75, 3.05) is 6.54 Å². The van der Waals surface area contributed by atoms with Crippen LogP contribution in [0.4, 0.5) is 0 Å². The van der Waals surface area contributed by atoms with Crippen molar-refractivity contribution in [3.63, 3.8) is 0 Å². The first-order chi connectivity index (χ1) is 14.2. The Morgan fingerprint density at radius 3 is 2.87 bits per heavy atom. The smallest absolute Gasteiger partial charge is 0.258 e. The summed E-state index contributed by atoms with van der Waals surface area (Å²) in [4.78, 5) is 16.9. The average molecular weight is 402 g/mol. The van der Waals surface area contributed by atoms with Crippen LogP contribution in [0.1, 0.15) is 24.4 Å². The molecule has 4 heterocycles. The third-order valence-electron chi connectivity index (χ3n) is 5.54. The van der Waals surface area contributed by atoms with Gasteiger partial charge in [-0.2, -0.15) is 0 Å². The Morgan fingerprint density at radius 2 is 2.07 bits per heavy atom. The standard InChI is InChI=1S/C23H22N4O2.CH4/c1-26-21-7-10-24-14-20(21)19-6-5-17(12-22(19)26)27-11-8-18(13-23(27)28)29-15-16-4-2-3-9-25-16;/h2-6,8-9,11-13,24H,7,10,14-15H2,1H3;1H4. The van der Waals surface area contributed by atoms with Gasteiger partial charge < -0.3 is 14.6 Å². The first kappa shape index (κ1) is 19.9. The van der Waals surface area contributed by atoms with Crippen LogP contribution in [0.5, 0.6) is 5.75 Å². The lowest BCUT2D eigenvalue weighted by Gasteiger charge is -2.14. The minimum absolute atomic E-state index is 0. The predicted octanol–water partition coefficient (Wildman–Crippen LogP) is 3.59. The van der Waals surface area contributed by atoms with Crippen LogP contribution < -0.4 is 15.6 Å². The topological polar surface area (TPSA) is 61.1 Å². The van der Waals surface area contributed by atoms with E-state index in [-0.39, 0.29) is 13.0 Å². The molecule has 0 radical (unpaired) electrons. The fraction of sp³-hybridized carbons (Fsp3) is 0.250. The Morgan fingerprint density at radius 1 is 1.17 bits per heavy atom. The van der Waals surface area contributed by atoms with Gasteiger partial charge >= 0.3 is 0 Å². The zero-order valence-electron chi connectivity index (χ0n) is 16.3. The van der Waals surface area contributed by atoms with Crippen LogP contribution in [0.25, 0.3) is 16.6 Å². The molecule has 6 heteroatoms. The van der Waals surface area contributed by atoms with Crippen molar-refractivity contribution < 1.29 is 4.74 Å². The van der Waals surface area contributed by atoms with Gasteiger partial charge in [-0.05, 0) is 35.9 Å². The van der Waals surface area contributed by atoms with Crippen LogP contribution in [0.15, 0.2) is 65.7 Å². The molecule has 1 N–H and O–H groups in total. The van der Waals surface area contributed by atoms with Crippen LogP contribution in [-0.4, -0.2) is 20.7 Å². The van der Waals surface area contributed by atoms with Crippen molar-refractivity contribution in [3.05, 3.63) is 88.2 Å². The Labute approximate surface area is 175 Å². The monoisotopic (exact) mass is 402 g/mol. The first-order valence-corrected chi connectivity index (χ1v) is 9.77. The van der Waals surface area contributed by atoms with E-state index in [2.05, 4.69) is 34.0 Å². The molecule has 6 nitrogen and oxygen atoms in total. The van der Waals surface area contributed by atoms with Gasteiger partial charge in [0.2, 0.25) is 0 Å². The highest BCUT2D eigenvalue weighted by Crippen LogP contribution is 2.29. The SMILES string of the molecule is C.Cn1c2c(c3ccc(-n4ccc(OCc5ccccn5)cc4=O)cc31)CNCC2. The van der Waals surface area contributed by atoms with Crippen LogP contribution in [0.3, 0.4) is 0 Å². The molecule has 0 spiro atoms. The highest BCUT2D eigenvalue weighted by molar-refractivity contribution is 5.87. The summed E-state index contributed by atoms with van der Waals surface area (Å²) in [5.74, 6) is 0.540. The lowest BCUT2D eigenvalue weighted by Crippen LogP contribution is -2.24. The number of nitrogens with one attached hydrogen (secondary N) is 1. The molecule has 1 aliphatic rings. The van der Waals surface area contributed by atoms with E-state index in [1.165, 1.54) is 22.7 Å². The van der Waals surface area contributed by atoms with Crippen molar-refractivity contribution in [3.8, 4) is 11.4 Å². The summed E-state index contributed by atoms with van der Waals surface area (Å²) in [6.45, 7) is 2.23. The molecular formula is C24H26N4O2. The van der Waals surface area contributed by atoms with Crippen LogP contribution in [-0.2, 0) is 26.6 Å². The summed E-state index contributed by atoms with van der Waals surface area (Å²) in [5.41, 5.74) is 5.45. The summed E-state index contributed by atoms with van der Waals surface area (Å²) in [6, 6.07) is 15.2. The molecule has 154 valence electrons. The number of rotatable bonds is 4. The Balaban J connectivity index is 0.00000218. The Hall–Kier alpha value is -3.38. The molecule has 5 rings (SSSR count). The van der Waals surface area contributed by atoms with E-state index in [1.54, 1.807) is 17.0 Å². The van der Waals surface area contributed by atoms with E-state index in [9.17, 15) is 4.79 Å². The molecule has 0 saturated heterocycles. The number of ether oxygens (including phenoxy) is 1. The summed E-state index contributed by atoms with van der Waals surface area (Å²) < 4.78 is 9.63. The van der Waals surface area contributed by atoms with E-state index in [4.69, 9.17) is 4.74 Å². The highest BCUT2D eigenvalue weighted by atomic mass is 16.5. The minimum atomic E-state index is -0.122. The highest BCUT2D eigenvalue weighted by Gasteiger charge is 2.18. The zero-order valence-corrected chi connectivity index (χ0v) is 16.3. The number of nitrogens with zero attached hydrogens (tertiary/aromatic N) is 3. The van der Waals surface area contributed by atoms with Gasteiger partial charge in [-0.3, -0.25) is 14.3 Å². The zero-order chi connectivity index (χ0) is 19.8. The second-order valence-electron chi connectivity index (χ2n) is 7.29. The van der Waals surface area contributed by atoms with Gasteiger partial charge in [-0.1, -0.05) is 19.6 Å². The van der Waals surface area contributed by atoms with Gasteiger partial charge in [0.05, 0.1) is 16.9 Å². The van der Waals surface area contributed by atoms with E-state index >= 15 is 0 Å². The van der Waals surface area contributed by atoms with Gasteiger partial charge in [-0.25, -0.2) is 0 Å². The molecule has 1 aromatic carbocycles. The fourth-order valence-corrected chi connectivity index (χ4v) is 4.05. The number of fused-ring (bicyclic) bond motifs is 3. The first-order valence-electron chi connectivity index (χ1n) is 9.77. The van der Waals surface area contributed by atoms with E-state index in [0.29, 0.717) is 12.4 Å². The summed E-state index contributed by atoms with van der Waals surface area (Å²) in [6.07, 6.45) is 4.52. The maximum atomic E-state index is 12.7. The normalized spacial score (nSPS) is 13.0. The second kappa shape index (κ2) is 8.16. The largest absolute Gasteiger partial charge is 0.487 e. The number of aryl methyl sites for hydroxylation is 1. The maximum absolute atomic E-state index is 12.7. The van der Waals surface area contributed by atoms with Crippen molar-refractivity contribution in [1.29, 1.82) is 0 Å².